The third-order valence-electron chi connectivity index (χ3n) is 1.58. The SMILES string of the molecule is CC(=O)NCC#Cc1cc(Br)ccc1F. The minimum atomic E-state index is -0.367. The minimum Gasteiger partial charge on any atom is -0.345 e. The molecule has 0 aromatic heterocycles. The Hall–Kier alpha value is -1.34. The van der Waals surface area contributed by atoms with Crippen LogP contribution in [-0.4, -0.2) is 12.5 Å². The number of benzene rings is 1. The summed E-state index contributed by atoms with van der Waals surface area (Å²) >= 11 is 3.22. The van der Waals surface area contributed by atoms with Crippen LogP contribution in [0.3, 0.4) is 0 Å². The maximum absolute atomic E-state index is 13.1. The van der Waals surface area contributed by atoms with Crippen molar-refractivity contribution in [1.82, 2.24) is 5.32 Å². The van der Waals surface area contributed by atoms with E-state index in [-0.39, 0.29) is 18.3 Å². The molecule has 0 saturated carbocycles. The molecule has 2 nitrogen and oxygen atoms in total. The van der Waals surface area contributed by atoms with Gasteiger partial charge in [-0.3, -0.25) is 4.79 Å². The molecule has 1 rings (SSSR count). The van der Waals surface area contributed by atoms with Crippen molar-refractivity contribution in [2.24, 2.45) is 0 Å². The highest BCUT2D eigenvalue weighted by atomic mass is 79.9. The average Bonchev–Trinajstić information content (AvgIpc) is 2.17. The van der Waals surface area contributed by atoms with Crippen molar-refractivity contribution in [3.05, 3.63) is 34.1 Å². The second-order valence-electron chi connectivity index (χ2n) is 2.84. The van der Waals surface area contributed by atoms with E-state index >= 15 is 0 Å². The van der Waals surface area contributed by atoms with Gasteiger partial charge in [-0.05, 0) is 18.2 Å². The van der Waals surface area contributed by atoms with E-state index in [4.69, 9.17) is 0 Å². The molecule has 15 heavy (non-hydrogen) atoms. The number of carbonyl (C=O) groups is 1. The van der Waals surface area contributed by atoms with Crippen LogP contribution in [0, 0.1) is 17.7 Å². The Balaban J connectivity index is 2.71. The van der Waals surface area contributed by atoms with E-state index in [0.29, 0.717) is 5.56 Å². The predicted octanol–water partition coefficient (Wildman–Crippen LogP) is 2.08. The van der Waals surface area contributed by atoms with Crippen LogP contribution in [0.1, 0.15) is 12.5 Å². The Morgan fingerprint density at radius 2 is 2.33 bits per heavy atom. The summed E-state index contributed by atoms with van der Waals surface area (Å²) in [6, 6.07) is 4.54. The summed E-state index contributed by atoms with van der Waals surface area (Å²) in [6.45, 7) is 1.63. The maximum atomic E-state index is 13.1. The fourth-order valence-corrected chi connectivity index (χ4v) is 1.26. The van der Waals surface area contributed by atoms with Gasteiger partial charge in [-0.15, -0.1) is 0 Å². The number of halogens is 2. The van der Waals surface area contributed by atoms with E-state index in [1.807, 2.05) is 0 Å². The molecule has 0 aliphatic carbocycles. The highest BCUT2D eigenvalue weighted by molar-refractivity contribution is 9.10. The Labute approximate surface area is 96.0 Å². The van der Waals surface area contributed by atoms with Crippen molar-refractivity contribution in [3.8, 4) is 11.8 Å². The lowest BCUT2D eigenvalue weighted by Gasteiger charge is -1.95. The monoisotopic (exact) mass is 269 g/mol. The number of hydrogen-bond donors (Lipinski definition) is 1. The quantitative estimate of drug-likeness (QED) is 0.778. The number of nitrogens with one attached hydrogen (secondary N) is 1. The third kappa shape index (κ3) is 4.13. The molecule has 0 aliphatic rings. The highest BCUT2D eigenvalue weighted by Crippen LogP contribution is 2.14. The van der Waals surface area contributed by atoms with Crippen molar-refractivity contribution in [3.63, 3.8) is 0 Å². The van der Waals surface area contributed by atoms with Crippen molar-refractivity contribution >= 4 is 21.8 Å². The number of hydrogen-bond acceptors (Lipinski definition) is 1. The van der Waals surface area contributed by atoms with E-state index in [0.717, 1.165) is 4.47 Å². The van der Waals surface area contributed by atoms with Crippen LogP contribution in [-0.2, 0) is 4.79 Å². The molecule has 0 spiro atoms. The van der Waals surface area contributed by atoms with Crippen LogP contribution >= 0.6 is 15.9 Å². The molecular weight excluding hydrogens is 261 g/mol. The first-order chi connectivity index (χ1) is 7.09. The van der Waals surface area contributed by atoms with E-state index < -0.39 is 0 Å². The minimum absolute atomic E-state index is 0.154. The molecule has 4 heteroatoms. The molecule has 0 heterocycles. The van der Waals surface area contributed by atoms with Crippen LogP contribution in [0.2, 0.25) is 0 Å². The second-order valence-corrected chi connectivity index (χ2v) is 3.75. The summed E-state index contributed by atoms with van der Waals surface area (Å²) in [7, 11) is 0. The second kappa shape index (κ2) is 5.52. The molecule has 1 aromatic carbocycles. The standard InChI is InChI=1S/C11H9BrFNO/c1-8(15)14-6-2-3-9-7-10(12)4-5-11(9)13/h4-5,7H,6H2,1H3,(H,14,15). The lowest BCUT2D eigenvalue weighted by atomic mass is 10.2. The normalized spacial score (nSPS) is 9.00. The Morgan fingerprint density at radius 3 is 3.00 bits per heavy atom. The zero-order valence-corrected chi connectivity index (χ0v) is 9.69. The van der Waals surface area contributed by atoms with Gasteiger partial charge in [-0.2, -0.15) is 0 Å². The van der Waals surface area contributed by atoms with Gasteiger partial charge in [0.25, 0.3) is 0 Å². The summed E-state index contributed by atoms with van der Waals surface area (Å²) < 4.78 is 13.9. The van der Waals surface area contributed by atoms with Gasteiger partial charge in [0.15, 0.2) is 0 Å². The molecule has 1 aromatic rings. The van der Waals surface area contributed by atoms with Crippen LogP contribution in [0.15, 0.2) is 22.7 Å². The largest absolute Gasteiger partial charge is 0.345 e. The fourth-order valence-electron chi connectivity index (χ4n) is 0.901. The van der Waals surface area contributed by atoms with Crippen molar-refractivity contribution < 1.29 is 9.18 Å². The van der Waals surface area contributed by atoms with Gasteiger partial charge in [0.1, 0.15) is 5.82 Å². The highest BCUT2D eigenvalue weighted by Gasteiger charge is 1.98. The molecule has 0 aliphatic heterocycles. The molecule has 0 fully saturated rings. The van der Waals surface area contributed by atoms with Crippen molar-refractivity contribution in [2.45, 2.75) is 6.92 Å². The fraction of sp³-hybridized carbons (Fsp3) is 0.182. The first-order valence-electron chi connectivity index (χ1n) is 4.28. The Morgan fingerprint density at radius 1 is 1.60 bits per heavy atom. The molecule has 0 atom stereocenters. The molecule has 0 unspecified atom stereocenters. The summed E-state index contributed by atoms with van der Waals surface area (Å²) in [5.74, 6) is 4.78. The lowest BCUT2D eigenvalue weighted by Crippen LogP contribution is -2.19. The van der Waals surface area contributed by atoms with Gasteiger partial charge in [-0.1, -0.05) is 27.8 Å². The van der Waals surface area contributed by atoms with Crippen LogP contribution in [0.25, 0.3) is 0 Å². The van der Waals surface area contributed by atoms with Crippen molar-refractivity contribution in [2.75, 3.05) is 6.54 Å². The topological polar surface area (TPSA) is 29.1 Å². The molecular formula is C11H9BrFNO. The zero-order valence-electron chi connectivity index (χ0n) is 8.10. The van der Waals surface area contributed by atoms with Gasteiger partial charge < -0.3 is 5.32 Å². The van der Waals surface area contributed by atoms with E-state index in [1.54, 1.807) is 12.1 Å². The molecule has 1 amide bonds. The molecule has 1 N–H and O–H groups in total. The summed E-state index contributed by atoms with van der Waals surface area (Å²) in [5, 5.41) is 2.50. The number of amides is 1. The van der Waals surface area contributed by atoms with E-state index in [9.17, 15) is 9.18 Å². The zero-order chi connectivity index (χ0) is 11.3. The van der Waals surface area contributed by atoms with Crippen LogP contribution in [0.5, 0.6) is 0 Å². The smallest absolute Gasteiger partial charge is 0.217 e. The first-order valence-corrected chi connectivity index (χ1v) is 5.07. The first kappa shape index (κ1) is 11.7. The third-order valence-corrected chi connectivity index (χ3v) is 2.07. The van der Waals surface area contributed by atoms with Gasteiger partial charge >= 0.3 is 0 Å². The molecule has 0 radical (unpaired) electrons. The maximum Gasteiger partial charge on any atom is 0.217 e. The summed E-state index contributed by atoms with van der Waals surface area (Å²) in [6.07, 6.45) is 0. The molecule has 0 saturated heterocycles. The van der Waals surface area contributed by atoms with Gasteiger partial charge in [0.05, 0.1) is 12.1 Å². The number of carbonyl (C=O) groups excluding carboxylic acids is 1. The van der Waals surface area contributed by atoms with Gasteiger partial charge in [0, 0.05) is 11.4 Å². The molecule has 78 valence electrons. The summed E-state index contributed by atoms with van der Waals surface area (Å²) in [5.41, 5.74) is 0.315. The van der Waals surface area contributed by atoms with Gasteiger partial charge in [0.2, 0.25) is 5.91 Å². The average molecular weight is 270 g/mol. The van der Waals surface area contributed by atoms with E-state index in [2.05, 4.69) is 33.1 Å². The van der Waals surface area contributed by atoms with E-state index in [1.165, 1.54) is 13.0 Å². The lowest BCUT2D eigenvalue weighted by molar-refractivity contribution is -0.118. The van der Waals surface area contributed by atoms with Gasteiger partial charge in [-0.25, -0.2) is 4.39 Å². The van der Waals surface area contributed by atoms with Crippen LogP contribution < -0.4 is 5.32 Å². The number of rotatable bonds is 1. The molecule has 0 bridgehead atoms. The van der Waals surface area contributed by atoms with Crippen LogP contribution in [0.4, 0.5) is 4.39 Å². The Bertz CT molecular complexity index is 434. The Kier molecular flexibility index (Phi) is 4.32. The predicted molar refractivity (Wildman–Crippen MR) is 59.7 cm³/mol. The van der Waals surface area contributed by atoms with Crippen molar-refractivity contribution in [1.29, 1.82) is 0 Å². The summed E-state index contributed by atoms with van der Waals surface area (Å²) in [4.78, 5) is 10.5.